The lowest BCUT2D eigenvalue weighted by Crippen LogP contribution is -2.57. The maximum Gasteiger partial charge on any atom is 0.126 e. The number of likely N-dealkylation sites (N-methyl/N-ethyl adjacent to an activating group) is 1. The summed E-state index contributed by atoms with van der Waals surface area (Å²) in [4.78, 5) is 1.96. The Morgan fingerprint density at radius 1 is 1.25 bits per heavy atom. The molecule has 4 heteroatoms. The van der Waals surface area contributed by atoms with Crippen LogP contribution in [0.3, 0.4) is 0 Å². The maximum atomic E-state index is 10.8. The molecule has 0 fully saturated rings. The van der Waals surface area contributed by atoms with Crippen molar-refractivity contribution in [3.05, 3.63) is 28.8 Å². The van der Waals surface area contributed by atoms with Gasteiger partial charge in [0.15, 0.2) is 0 Å². The molecule has 1 aliphatic rings. The first-order valence-electron chi connectivity index (χ1n) is 7.07. The average Bonchev–Trinajstić information content (AvgIpc) is 2.31. The highest BCUT2D eigenvalue weighted by molar-refractivity contribution is 5.45. The van der Waals surface area contributed by atoms with Crippen LogP contribution >= 0.6 is 0 Å². The van der Waals surface area contributed by atoms with Crippen molar-refractivity contribution in [1.82, 2.24) is 4.90 Å². The molecule has 4 nitrogen and oxygen atoms in total. The molecule has 1 heterocycles. The molecular formula is C16H25NO3. The van der Waals surface area contributed by atoms with Gasteiger partial charge in [0.25, 0.3) is 0 Å². The van der Waals surface area contributed by atoms with E-state index < -0.39 is 11.7 Å². The van der Waals surface area contributed by atoms with E-state index in [1.54, 1.807) is 0 Å². The fraction of sp³-hybridized carbons (Fsp3) is 0.625. The first kappa shape index (κ1) is 15.3. The number of aliphatic hydroxyl groups excluding tert-OH is 2. The molecule has 20 heavy (non-hydrogen) atoms. The van der Waals surface area contributed by atoms with Crippen LogP contribution in [0, 0.1) is 13.8 Å². The standard InChI is InChI=1S/C16H25NO3/c1-10-8-12-13(9-11(10)2)20-16(3,4)15(14(12)19)17(5)6-7-18/h8-9,14-15,18-19H,6-7H2,1-5H3. The number of hydrogen-bond acceptors (Lipinski definition) is 4. The van der Waals surface area contributed by atoms with Crippen LogP contribution in [0.15, 0.2) is 12.1 Å². The highest BCUT2D eigenvalue weighted by Gasteiger charge is 2.45. The Hall–Kier alpha value is -1.10. The molecule has 1 aromatic rings. The average molecular weight is 279 g/mol. The summed E-state index contributed by atoms with van der Waals surface area (Å²) < 4.78 is 6.12. The molecule has 0 radical (unpaired) electrons. The van der Waals surface area contributed by atoms with Crippen LogP contribution in [0.25, 0.3) is 0 Å². The minimum atomic E-state index is -0.621. The largest absolute Gasteiger partial charge is 0.486 e. The Morgan fingerprint density at radius 2 is 1.85 bits per heavy atom. The van der Waals surface area contributed by atoms with Crippen molar-refractivity contribution in [2.24, 2.45) is 0 Å². The van der Waals surface area contributed by atoms with Gasteiger partial charge in [-0.3, -0.25) is 4.90 Å². The third kappa shape index (κ3) is 2.55. The fourth-order valence-corrected chi connectivity index (χ4v) is 3.09. The van der Waals surface area contributed by atoms with Gasteiger partial charge in [-0.05, 0) is 58.0 Å². The van der Waals surface area contributed by atoms with E-state index in [1.807, 2.05) is 51.8 Å². The van der Waals surface area contributed by atoms with Gasteiger partial charge in [-0.15, -0.1) is 0 Å². The summed E-state index contributed by atoms with van der Waals surface area (Å²) in [6, 6.07) is 3.81. The monoisotopic (exact) mass is 279 g/mol. The molecular weight excluding hydrogens is 254 g/mol. The van der Waals surface area contributed by atoms with E-state index in [0.717, 1.165) is 22.4 Å². The van der Waals surface area contributed by atoms with Crippen molar-refractivity contribution < 1.29 is 14.9 Å². The van der Waals surface area contributed by atoms with E-state index in [-0.39, 0.29) is 12.6 Å². The Morgan fingerprint density at radius 3 is 2.45 bits per heavy atom. The molecule has 2 rings (SSSR count). The number of rotatable bonds is 3. The quantitative estimate of drug-likeness (QED) is 0.886. The van der Waals surface area contributed by atoms with Crippen molar-refractivity contribution in [2.45, 2.75) is 45.4 Å². The van der Waals surface area contributed by atoms with Crippen molar-refractivity contribution in [3.63, 3.8) is 0 Å². The third-order valence-corrected chi connectivity index (χ3v) is 4.26. The molecule has 0 saturated carbocycles. The van der Waals surface area contributed by atoms with Crippen molar-refractivity contribution in [1.29, 1.82) is 0 Å². The predicted molar refractivity (Wildman–Crippen MR) is 79.1 cm³/mol. The van der Waals surface area contributed by atoms with Gasteiger partial charge in [0.05, 0.1) is 12.6 Å². The van der Waals surface area contributed by atoms with Crippen LogP contribution < -0.4 is 4.74 Å². The van der Waals surface area contributed by atoms with Gasteiger partial charge in [0.1, 0.15) is 17.5 Å². The van der Waals surface area contributed by atoms with Crippen LogP contribution in [0.5, 0.6) is 5.75 Å². The van der Waals surface area contributed by atoms with Gasteiger partial charge < -0.3 is 14.9 Å². The highest BCUT2D eigenvalue weighted by atomic mass is 16.5. The third-order valence-electron chi connectivity index (χ3n) is 4.26. The second-order valence-corrected chi connectivity index (χ2v) is 6.27. The Balaban J connectivity index is 2.45. The first-order valence-corrected chi connectivity index (χ1v) is 7.07. The Labute approximate surface area is 121 Å². The molecule has 0 spiro atoms. The molecule has 1 aliphatic heterocycles. The molecule has 2 N–H and O–H groups in total. The van der Waals surface area contributed by atoms with Gasteiger partial charge >= 0.3 is 0 Å². The molecule has 0 amide bonds. The molecule has 2 unspecified atom stereocenters. The summed E-state index contributed by atoms with van der Waals surface area (Å²) in [7, 11) is 1.90. The van der Waals surface area contributed by atoms with Crippen LogP contribution in [0.1, 0.15) is 36.6 Å². The molecule has 0 bridgehead atoms. The Bertz CT molecular complexity index is 499. The number of fused-ring (bicyclic) bond motifs is 1. The normalized spacial score (nSPS) is 24.4. The second kappa shape index (κ2) is 5.35. The molecule has 112 valence electrons. The van der Waals surface area contributed by atoms with Gasteiger partial charge in [-0.25, -0.2) is 0 Å². The lowest BCUT2D eigenvalue weighted by molar-refractivity contribution is -0.0773. The zero-order chi connectivity index (χ0) is 15.1. The second-order valence-electron chi connectivity index (χ2n) is 6.27. The van der Waals surface area contributed by atoms with E-state index in [0.29, 0.717) is 6.54 Å². The van der Waals surface area contributed by atoms with Gasteiger partial charge in [0, 0.05) is 12.1 Å². The minimum absolute atomic E-state index is 0.0651. The number of ether oxygens (including phenoxy) is 1. The van der Waals surface area contributed by atoms with E-state index in [4.69, 9.17) is 9.84 Å². The summed E-state index contributed by atoms with van der Waals surface area (Å²) in [5, 5.41) is 19.9. The van der Waals surface area contributed by atoms with Crippen LogP contribution in [0.2, 0.25) is 0 Å². The van der Waals surface area contributed by atoms with Crippen LogP contribution in [0.4, 0.5) is 0 Å². The van der Waals surface area contributed by atoms with Crippen LogP contribution in [-0.4, -0.2) is 47.0 Å². The lowest BCUT2D eigenvalue weighted by atomic mass is 9.84. The highest BCUT2D eigenvalue weighted by Crippen LogP contribution is 2.42. The number of aliphatic hydroxyl groups is 2. The number of aryl methyl sites for hydroxylation is 2. The topological polar surface area (TPSA) is 52.9 Å². The lowest BCUT2D eigenvalue weighted by Gasteiger charge is -2.47. The fourth-order valence-electron chi connectivity index (χ4n) is 3.09. The van der Waals surface area contributed by atoms with Crippen molar-refractivity contribution in [2.75, 3.05) is 20.2 Å². The number of hydrogen-bond donors (Lipinski definition) is 2. The number of benzene rings is 1. The summed E-state index contributed by atoms with van der Waals surface area (Å²) in [6.45, 7) is 8.61. The summed E-state index contributed by atoms with van der Waals surface area (Å²) in [5.41, 5.74) is 2.63. The SMILES string of the molecule is Cc1cc2c(cc1C)C(O)C(N(C)CCO)C(C)(C)O2. The van der Waals surface area contributed by atoms with Crippen molar-refractivity contribution >= 4 is 0 Å². The smallest absolute Gasteiger partial charge is 0.126 e. The summed E-state index contributed by atoms with van der Waals surface area (Å²) in [6.07, 6.45) is -0.621. The predicted octanol–water partition coefficient (Wildman–Crippen LogP) is 1.80. The summed E-state index contributed by atoms with van der Waals surface area (Å²) >= 11 is 0. The van der Waals surface area contributed by atoms with Gasteiger partial charge in [0.2, 0.25) is 0 Å². The molecule has 0 aromatic heterocycles. The van der Waals surface area contributed by atoms with E-state index in [1.165, 1.54) is 0 Å². The number of nitrogens with zero attached hydrogens (tertiary/aromatic N) is 1. The molecule has 1 aromatic carbocycles. The van der Waals surface area contributed by atoms with Crippen LogP contribution in [-0.2, 0) is 0 Å². The minimum Gasteiger partial charge on any atom is -0.486 e. The van der Waals surface area contributed by atoms with Gasteiger partial charge in [-0.1, -0.05) is 0 Å². The Kier molecular flexibility index (Phi) is 4.09. The summed E-state index contributed by atoms with van der Waals surface area (Å²) in [5.74, 6) is 0.763. The van der Waals surface area contributed by atoms with E-state index in [9.17, 15) is 5.11 Å². The van der Waals surface area contributed by atoms with E-state index in [2.05, 4.69) is 0 Å². The molecule has 0 saturated heterocycles. The molecule has 2 atom stereocenters. The van der Waals surface area contributed by atoms with Gasteiger partial charge in [-0.2, -0.15) is 0 Å². The first-order chi connectivity index (χ1) is 9.27. The maximum absolute atomic E-state index is 10.8. The molecule has 0 aliphatic carbocycles. The zero-order valence-electron chi connectivity index (χ0n) is 13.0. The zero-order valence-corrected chi connectivity index (χ0v) is 13.0. The van der Waals surface area contributed by atoms with Crippen molar-refractivity contribution in [3.8, 4) is 5.75 Å². The van der Waals surface area contributed by atoms with E-state index >= 15 is 0 Å².